The fourth-order valence-electron chi connectivity index (χ4n) is 2.99. The van der Waals surface area contributed by atoms with E-state index in [9.17, 15) is 9.59 Å². The van der Waals surface area contributed by atoms with E-state index in [-0.39, 0.29) is 17.9 Å². The zero-order valence-electron chi connectivity index (χ0n) is 14.2. The van der Waals surface area contributed by atoms with Crippen LogP contribution in [0.1, 0.15) is 28.8 Å². The molecule has 1 atom stereocenters. The van der Waals surface area contributed by atoms with Gasteiger partial charge in [-0.15, -0.1) is 0 Å². The van der Waals surface area contributed by atoms with E-state index in [1.165, 1.54) is 0 Å². The first-order chi connectivity index (χ1) is 12.7. The van der Waals surface area contributed by atoms with Crippen molar-refractivity contribution in [1.29, 1.82) is 0 Å². The molecular formula is C20H20N4O2. The molecule has 132 valence electrons. The number of carbonyl (C=O) groups is 2. The highest BCUT2D eigenvalue weighted by Crippen LogP contribution is 2.19. The summed E-state index contributed by atoms with van der Waals surface area (Å²) in [6, 6.07) is 14.7. The van der Waals surface area contributed by atoms with Gasteiger partial charge in [-0.05, 0) is 30.5 Å². The Hall–Kier alpha value is -3.15. The van der Waals surface area contributed by atoms with Crippen LogP contribution in [0.15, 0.2) is 54.7 Å². The van der Waals surface area contributed by atoms with Crippen LogP contribution in [0.5, 0.6) is 0 Å². The number of aromatic nitrogens is 2. The molecule has 0 saturated heterocycles. The van der Waals surface area contributed by atoms with Crippen LogP contribution in [-0.2, 0) is 11.2 Å². The lowest BCUT2D eigenvalue weighted by Gasteiger charge is -2.19. The summed E-state index contributed by atoms with van der Waals surface area (Å²) in [6.45, 7) is 0. The van der Waals surface area contributed by atoms with Crippen LogP contribution in [0.4, 0.5) is 0 Å². The van der Waals surface area contributed by atoms with E-state index in [4.69, 9.17) is 0 Å². The molecule has 0 spiro atoms. The lowest BCUT2D eigenvalue weighted by atomic mass is 10.0. The van der Waals surface area contributed by atoms with Gasteiger partial charge in [0.25, 0.3) is 5.91 Å². The van der Waals surface area contributed by atoms with Gasteiger partial charge in [0.1, 0.15) is 6.04 Å². The highest BCUT2D eigenvalue weighted by molar-refractivity contribution is 6.07. The molecule has 0 aliphatic heterocycles. The summed E-state index contributed by atoms with van der Waals surface area (Å²) in [5, 5.41) is 13.5. The zero-order chi connectivity index (χ0) is 17.9. The summed E-state index contributed by atoms with van der Waals surface area (Å²) in [5.41, 5.74) is 2.30. The van der Waals surface area contributed by atoms with Crippen LogP contribution in [0.2, 0.25) is 0 Å². The minimum Gasteiger partial charge on any atom is -0.352 e. The molecular weight excluding hydrogens is 328 g/mol. The quantitative estimate of drug-likeness (QED) is 0.638. The number of fused-ring (bicyclic) bond motifs is 1. The standard InChI is InChI=1S/C20H20N4O2/c25-19(15-7-4-8-17-16(15)12-21-24-17)23-18(20(26)22-14-9-10-14)11-13-5-2-1-3-6-13/h1-8,12,14,18H,9-11H2,(H,21,24)(H,22,26)(H,23,25)/t18-/m0/s1. The number of rotatable bonds is 6. The van der Waals surface area contributed by atoms with Crippen molar-refractivity contribution < 1.29 is 9.59 Å². The van der Waals surface area contributed by atoms with Crippen molar-refractivity contribution in [2.75, 3.05) is 0 Å². The zero-order valence-corrected chi connectivity index (χ0v) is 14.2. The fraction of sp³-hybridized carbons (Fsp3) is 0.250. The highest BCUT2D eigenvalue weighted by atomic mass is 16.2. The second-order valence-electron chi connectivity index (χ2n) is 6.64. The molecule has 1 fully saturated rings. The third kappa shape index (κ3) is 3.59. The van der Waals surface area contributed by atoms with Crippen LogP contribution in [0.3, 0.4) is 0 Å². The Morgan fingerprint density at radius 3 is 2.69 bits per heavy atom. The number of benzene rings is 2. The molecule has 26 heavy (non-hydrogen) atoms. The van der Waals surface area contributed by atoms with Gasteiger partial charge in [-0.25, -0.2) is 0 Å². The van der Waals surface area contributed by atoms with Gasteiger partial charge < -0.3 is 10.6 Å². The maximum absolute atomic E-state index is 12.8. The molecule has 2 amide bonds. The van der Waals surface area contributed by atoms with Crippen molar-refractivity contribution in [2.45, 2.75) is 31.3 Å². The first-order valence-electron chi connectivity index (χ1n) is 8.78. The molecule has 3 N–H and O–H groups in total. The third-order valence-electron chi connectivity index (χ3n) is 4.56. The Morgan fingerprint density at radius 1 is 1.12 bits per heavy atom. The minimum absolute atomic E-state index is 0.135. The molecule has 1 heterocycles. The predicted molar refractivity (Wildman–Crippen MR) is 98.7 cm³/mol. The molecule has 1 saturated carbocycles. The summed E-state index contributed by atoms with van der Waals surface area (Å²) in [6.07, 6.45) is 4.09. The fourth-order valence-corrected chi connectivity index (χ4v) is 2.99. The predicted octanol–water partition coefficient (Wildman–Crippen LogP) is 2.18. The number of carbonyl (C=O) groups excluding carboxylic acids is 2. The summed E-state index contributed by atoms with van der Waals surface area (Å²) < 4.78 is 0. The van der Waals surface area contributed by atoms with Crippen molar-refractivity contribution in [3.63, 3.8) is 0 Å². The minimum atomic E-state index is -0.618. The van der Waals surface area contributed by atoms with Crippen LogP contribution in [0.25, 0.3) is 10.9 Å². The number of H-pyrrole nitrogens is 1. The first-order valence-corrected chi connectivity index (χ1v) is 8.78. The summed E-state index contributed by atoms with van der Waals surface area (Å²) in [4.78, 5) is 25.5. The maximum Gasteiger partial charge on any atom is 0.252 e. The number of aromatic amines is 1. The number of hydrogen-bond donors (Lipinski definition) is 3. The number of nitrogens with one attached hydrogen (secondary N) is 3. The van der Waals surface area contributed by atoms with Crippen molar-refractivity contribution in [2.24, 2.45) is 0 Å². The van der Waals surface area contributed by atoms with Crippen molar-refractivity contribution in [1.82, 2.24) is 20.8 Å². The molecule has 6 heteroatoms. The van der Waals surface area contributed by atoms with E-state index in [1.807, 2.05) is 36.4 Å². The lowest BCUT2D eigenvalue weighted by Crippen LogP contribution is -2.48. The van der Waals surface area contributed by atoms with Gasteiger partial charge >= 0.3 is 0 Å². The second-order valence-corrected chi connectivity index (χ2v) is 6.64. The first kappa shape index (κ1) is 16.3. The van der Waals surface area contributed by atoms with E-state index in [2.05, 4.69) is 20.8 Å². The Kier molecular flexibility index (Phi) is 4.39. The highest BCUT2D eigenvalue weighted by Gasteiger charge is 2.29. The topological polar surface area (TPSA) is 86.9 Å². The maximum atomic E-state index is 12.8. The van der Waals surface area contributed by atoms with Gasteiger partial charge in [-0.2, -0.15) is 5.10 Å². The monoisotopic (exact) mass is 348 g/mol. The third-order valence-corrected chi connectivity index (χ3v) is 4.56. The number of nitrogens with zero attached hydrogens (tertiary/aromatic N) is 1. The van der Waals surface area contributed by atoms with Gasteiger partial charge in [-0.1, -0.05) is 36.4 Å². The molecule has 0 bridgehead atoms. The van der Waals surface area contributed by atoms with Crippen LogP contribution in [-0.4, -0.2) is 34.1 Å². The molecule has 2 aromatic carbocycles. The van der Waals surface area contributed by atoms with E-state index in [0.29, 0.717) is 12.0 Å². The molecule has 3 aromatic rings. The van der Waals surface area contributed by atoms with E-state index in [1.54, 1.807) is 18.3 Å². The average molecular weight is 348 g/mol. The summed E-state index contributed by atoms with van der Waals surface area (Å²) in [5.74, 6) is -0.409. The number of hydrogen-bond acceptors (Lipinski definition) is 3. The Morgan fingerprint density at radius 2 is 1.92 bits per heavy atom. The molecule has 4 rings (SSSR count). The van der Waals surface area contributed by atoms with E-state index < -0.39 is 6.04 Å². The summed E-state index contributed by atoms with van der Waals surface area (Å²) in [7, 11) is 0. The molecule has 1 aromatic heterocycles. The number of amides is 2. The Bertz CT molecular complexity index is 931. The van der Waals surface area contributed by atoms with Gasteiger partial charge in [0.15, 0.2) is 0 Å². The van der Waals surface area contributed by atoms with E-state index in [0.717, 1.165) is 29.3 Å². The van der Waals surface area contributed by atoms with Gasteiger partial charge in [0.2, 0.25) is 5.91 Å². The lowest BCUT2D eigenvalue weighted by molar-refractivity contribution is -0.123. The van der Waals surface area contributed by atoms with Gasteiger partial charge in [0, 0.05) is 17.8 Å². The van der Waals surface area contributed by atoms with Crippen molar-refractivity contribution >= 4 is 22.7 Å². The Balaban J connectivity index is 1.55. The smallest absolute Gasteiger partial charge is 0.252 e. The molecule has 1 aliphatic carbocycles. The Labute approximate surface area is 151 Å². The second kappa shape index (κ2) is 7.00. The van der Waals surface area contributed by atoms with Crippen LogP contribution in [0, 0.1) is 0 Å². The summed E-state index contributed by atoms with van der Waals surface area (Å²) >= 11 is 0. The molecule has 0 unspecified atom stereocenters. The SMILES string of the molecule is O=C(N[C@@H](Cc1ccccc1)C(=O)NC1CC1)c1cccc2[nH]ncc12. The largest absolute Gasteiger partial charge is 0.352 e. The van der Waals surface area contributed by atoms with Crippen LogP contribution >= 0.6 is 0 Å². The molecule has 6 nitrogen and oxygen atoms in total. The molecule has 0 radical (unpaired) electrons. The average Bonchev–Trinajstić information content (AvgIpc) is 3.33. The van der Waals surface area contributed by atoms with Crippen LogP contribution < -0.4 is 10.6 Å². The van der Waals surface area contributed by atoms with Crippen molar-refractivity contribution in [3.05, 3.63) is 65.9 Å². The van der Waals surface area contributed by atoms with Gasteiger partial charge in [-0.3, -0.25) is 14.7 Å². The molecule has 1 aliphatic rings. The van der Waals surface area contributed by atoms with Gasteiger partial charge in [0.05, 0.1) is 17.3 Å². The normalized spacial score (nSPS) is 14.8. The van der Waals surface area contributed by atoms with Crippen molar-refractivity contribution in [3.8, 4) is 0 Å². The van der Waals surface area contributed by atoms with E-state index >= 15 is 0 Å².